The first kappa shape index (κ1) is 20.8. The zero-order chi connectivity index (χ0) is 19.5. The van der Waals surface area contributed by atoms with Gasteiger partial charge in [0.25, 0.3) is 5.91 Å². The maximum absolute atomic E-state index is 12.4. The topological polar surface area (TPSA) is 56.8 Å². The number of carbonyl (C=O) groups is 1. The number of amides is 1. The minimum absolute atomic E-state index is 0.180. The number of carbonyl (C=O) groups excluding carboxylic acids is 1. The van der Waals surface area contributed by atoms with Crippen LogP contribution in [0.2, 0.25) is 0 Å². The van der Waals surface area contributed by atoms with E-state index in [1.165, 1.54) is 5.56 Å². The van der Waals surface area contributed by atoms with Gasteiger partial charge in [0.05, 0.1) is 18.7 Å². The molecule has 0 radical (unpaired) electrons. The van der Waals surface area contributed by atoms with Crippen molar-refractivity contribution >= 4 is 5.91 Å². The van der Waals surface area contributed by atoms with E-state index in [1.54, 1.807) is 12.1 Å². The molecule has 0 aromatic heterocycles. The average molecular weight is 371 g/mol. The number of para-hydroxylation sites is 1. The largest absolute Gasteiger partial charge is 0.492 e. The first-order chi connectivity index (χ1) is 13.1. The van der Waals surface area contributed by atoms with Gasteiger partial charge in [-0.05, 0) is 42.7 Å². The molecule has 2 rings (SSSR count). The number of benzene rings is 2. The standard InChI is InChI=1S/C22H29NO4/c1-4-25-15-16-27-21-8-6-5-7-20(21)22(24)23-13-14-26-19-11-9-18(10-12-19)17(2)3/h5-12,17H,4,13-16H2,1-3H3,(H,23,24). The molecular weight excluding hydrogens is 342 g/mol. The van der Waals surface area contributed by atoms with Crippen molar-refractivity contribution in [3.05, 3.63) is 59.7 Å². The second kappa shape index (κ2) is 11.2. The fourth-order valence-electron chi connectivity index (χ4n) is 2.51. The predicted molar refractivity (Wildman–Crippen MR) is 107 cm³/mol. The summed E-state index contributed by atoms with van der Waals surface area (Å²) in [6.07, 6.45) is 0. The van der Waals surface area contributed by atoms with Crippen molar-refractivity contribution in [2.75, 3.05) is 33.0 Å². The summed E-state index contributed by atoms with van der Waals surface area (Å²) < 4.78 is 16.6. The predicted octanol–water partition coefficient (Wildman–Crippen LogP) is 4.03. The molecule has 1 amide bonds. The number of ether oxygens (including phenoxy) is 3. The SMILES string of the molecule is CCOCCOc1ccccc1C(=O)NCCOc1ccc(C(C)C)cc1. The molecule has 27 heavy (non-hydrogen) atoms. The Bertz CT molecular complexity index is 698. The highest BCUT2D eigenvalue weighted by atomic mass is 16.5. The van der Waals surface area contributed by atoms with E-state index in [2.05, 4.69) is 31.3 Å². The highest BCUT2D eigenvalue weighted by Gasteiger charge is 2.11. The van der Waals surface area contributed by atoms with Gasteiger partial charge in [0.2, 0.25) is 0 Å². The minimum Gasteiger partial charge on any atom is -0.492 e. The second-order valence-electron chi connectivity index (χ2n) is 6.37. The van der Waals surface area contributed by atoms with Gasteiger partial charge in [-0.25, -0.2) is 0 Å². The first-order valence-electron chi connectivity index (χ1n) is 9.42. The van der Waals surface area contributed by atoms with Crippen molar-refractivity contribution in [3.63, 3.8) is 0 Å². The fraction of sp³-hybridized carbons (Fsp3) is 0.409. The van der Waals surface area contributed by atoms with Crippen LogP contribution >= 0.6 is 0 Å². The van der Waals surface area contributed by atoms with Gasteiger partial charge >= 0.3 is 0 Å². The van der Waals surface area contributed by atoms with E-state index < -0.39 is 0 Å². The van der Waals surface area contributed by atoms with Crippen LogP contribution < -0.4 is 14.8 Å². The summed E-state index contributed by atoms with van der Waals surface area (Å²) in [7, 11) is 0. The molecule has 2 aromatic rings. The highest BCUT2D eigenvalue weighted by molar-refractivity contribution is 5.96. The third-order valence-corrected chi connectivity index (χ3v) is 4.02. The quantitative estimate of drug-likeness (QED) is 0.606. The Labute approximate surface area is 161 Å². The van der Waals surface area contributed by atoms with Gasteiger partial charge in [-0.1, -0.05) is 38.1 Å². The molecule has 0 heterocycles. The molecule has 0 saturated heterocycles. The Morgan fingerprint density at radius 2 is 1.70 bits per heavy atom. The summed E-state index contributed by atoms with van der Waals surface area (Å²) in [6.45, 7) is 8.61. The number of hydrogen-bond donors (Lipinski definition) is 1. The van der Waals surface area contributed by atoms with E-state index in [4.69, 9.17) is 14.2 Å². The Kier molecular flexibility index (Phi) is 8.65. The summed E-state index contributed by atoms with van der Waals surface area (Å²) in [6, 6.07) is 15.2. The molecule has 0 spiro atoms. The highest BCUT2D eigenvalue weighted by Crippen LogP contribution is 2.19. The van der Waals surface area contributed by atoms with E-state index >= 15 is 0 Å². The molecule has 2 aromatic carbocycles. The Morgan fingerprint density at radius 1 is 0.963 bits per heavy atom. The van der Waals surface area contributed by atoms with Crippen LogP contribution in [0, 0.1) is 0 Å². The molecule has 0 fully saturated rings. The van der Waals surface area contributed by atoms with Gasteiger partial charge in [-0.3, -0.25) is 4.79 Å². The molecule has 0 aliphatic carbocycles. The van der Waals surface area contributed by atoms with Crippen LogP contribution in [0.5, 0.6) is 11.5 Å². The van der Waals surface area contributed by atoms with Gasteiger partial charge < -0.3 is 19.5 Å². The maximum Gasteiger partial charge on any atom is 0.255 e. The molecule has 0 aliphatic rings. The first-order valence-corrected chi connectivity index (χ1v) is 9.42. The molecule has 5 nitrogen and oxygen atoms in total. The summed E-state index contributed by atoms with van der Waals surface area (Å²) in [4.78, 5) is 12.4. The maximum atomic E-state index is 12.4. The molecule has 5 heteroatoms. The van der Waals surface area contributed by atoms with Crippen LogP contribution in [0.3, 0.4) is 0 Å². The number of nitrogens with one attached hydrogen (secondary N) is 1. The van der Waals surface area contributed by atoms with Crippen molar-refractivity contribution in [2.45, 2.75) is 26.7 Å². The van der Waals surface area contributed by atoms with Crippen LogP contribution in [-0.4, -0.2) is 38.9 Å². The third kappa shape index (κ3) is 6.94. The molecule has 146 valence electrons. The van der Waals surface area contributed by atoms with Crippen molar-refractivity contribution < 1.29 is 19.0 Å². The lowest BCUT2D eigenvalue weighted by molar-refractivity contribution is 0.0930. The van der Waals surface area contributed by atoms with Gasteiger partial charge in [0.1, 0.15) is 24.7 Å². The lowest BCUT2D eigenvalue weighted by Gasteiger charge is -2.12. The molecule has 0 bridgehead atoms. The molecule has 1 N–H and O–H groups in total. The fourth-order valence-corrected chi connectivity index (χ4v) is 2.51. The van der Waals surface area contributed by atoms with Crippen molar-refractivity contribution in [1.29, 1.82) is 0 Å². The Balaban J connectivity index is 1.78. The van der Waals surface area contributed by atoms with Crippen molar-refractivity contribution in [3.8, 4) is 11.5 Å². The third-order valence-electron chi connectivity index (χ3n) is 4.02. The number of hydrogen-bond acceptors (Lipinski definition) is 4. The van der Waals surface area contributed by atoms with E-state index in [1.807, 2.05) is 31.2 Å². The van der Waals surface area contributed by atoms with E-state index in [0.717, 1.165) is 5.75 Å². The minimum atomic E-state index is -0.180. The van der Waals surface area contributed by atoms with Gasteiger partial charge in [0.15, 0.2) is 0 Å². The van der Waals surface area contributed by atoms with Crippen LogP contribution in [0.15, 0.2) is 48.5 Å². The van der Waals surface area contributed by atoms with E-state index in [-0.39, 0.29) is 5.91 Å². The van der Waals surface area contributed by atoms with Crippen LogP contribution in [0.4, 0.5) is 0 Å². The zero-order valence-corrected chi connectivity index (χ0v) is 16.4. The summed E-state index contributed by atoms with van der Waals surface area (Å²) in [5, 5.41) is 2.87. The Morgan fingerprint density at radius 3 is 2.41 bits per heavy atom. The van der Waals surface area contributed by atoms with Crippen LogP contribution in [-0.2, 0) is 4.74 Å². The van der Waals surface area contributed by atoms with Crippen molar-refractivity contribution in [2.24, 2.45) is 0 Å². The molecule has 0 atom stereocenters. The number of rotatable bonds is 11. The average Bonchev–Trinajstić information content (AvgIpc) is 2.69. The van der Waals surface area contributed by atoms with Gasteiger partial charge in [0, 0.05) is 6.61 Å². The van der Waals surface area contributed by atoms with Crippen LogP contribution in [0.25, 0.3) is 0 Å². The van der Waals surface area contributed by atoms with E-state index in [9.17, 15) is 4.79 Å². The normalized spacial score (nSPS) is 10.7. The van der Waals surface area contributed by atoms with Gasteiger partial charge in [-0.2, -0.15) is 0 Å². The second-order valence-corrected chi connectivity index (χ2v) is 6.37. The smallest absolute Gasteiger partial charge is 0.255 e. The lowest BCUT2D eigenvalue weighted by atomic mass is 10.0. The summed E-state index contributed by atoms with van der Waals surface area (Å²) in [5.41, 5.74) is 1.78. The monoisotopic (exact) mass is 371 g/mol. The summed E-state index contributed by atoms with van der Waals surface area (Å²) >= 11 is 0. The molecule has 0 unspecified atom stereocenters. The van der Waals surface area contributed by atoms with E-state index in [0.29, 0.717) is 50.2 Å². The Hall–Kier alpha value is -2.53. The molecule has 0 saturated carbocycles. The molecule has 0 aliphatic heterocycles. The van der Waals surface area contributed by atoms with Crippen LogP contribution in [0.1, 0.15) is 42.6 Å². The van der Waals surface area contributed by atoms with Gasteiger partial charge in [-0.15, -0.1) is 0 Å². The molecular formula is C22H29NO4. The van der Waals surface area contributed by atoms with Crippen molar-refractivity contribution in [1.82, 2.24) is 5.32 Å². The summed E-state index contributed by atoms with van der Waals surface area (Å²) in [5.74, 6) is 1.67. The lowest BCUT2D eigenvalue weighted by Crippen LogP contribution is -2.28. The zero-order valence-electron chi connectivity index (χ0n) is 16.4.